The summed E-state index contributed by atoms with van der Waals surface area (Å²) >= 11 is 0. The third kappa shape index (κ3) is 5.65. The van der Waals surface area contributed by atoms with Crippen molar-refractivity contribution in [2.45, 2.75) is 19.9 Å². The fraction of sp³-hybridized carbons (Fsp3) is 0.615. The van der Waals surface area contributed by atoms with Crippen molar-refractivity contribution in [2.24, 2.45) is 0 Å². The van der Waals surface area contributed by atoms with E-state index in [0.29, 0.717) is 12.5 Å². The summed E-state index contributed by atoms with van der Waals surface area (Å²) in [6.07, 6.45) is 2.89. The summed E-state index contributed by atoms with van der Waals surface area (Å²) in [7, 11) is 4.04. The Labute approximate surface area is 104 Å². The predicted molar refractivity (Wildman–Crippen MR) is 70.3 cm³/mol. The SMILES string of the molecule is CCN(C)Cc1ccc(OCCCNC)nc1. The number of nitrogens with one attached hydrogen (secondary N) is 1. The molecule has 1 N–H and O–H groups in total. The van der Waals surface area contributed by atoms with Crippen LogP contribution in [0.2, 0.25) is 0 Å². The normalized spacial score (nSPS) is 10.8. The summed E-state index contributed by atoms with van der Waals surface area (Å²) in [4.78, 5) is 6.53. The van der Waals surface area contributed by atoms with E-state index in [1.54, 1.807) is 0 Å². The first-order valence-corrected chi connectivity index (χ1v) is 6.17. The molecule has 0 spiro atoms. The molecule has 4 nitrogen and oxygen atoms in total. The molecule has 0 aromatic carbocycles. The van der Waals surface area contributed by atoms with Crippen LogP contribution in [0, 0.1) is 0 Å². The first-order chi connectivity index (χ1) is 8.26. The zero-order valence-corrected chi connectivity index (χ0v) is 11.1. The number of rotatable bonds is 8. The van der Waals surface area contributed by atoms with E-state index in [-0.39, 0.29) is 0 Å². The molecular formula is C13H23N3O. The molecule has 1 rings (SSSR count). The fourth-order valence-electron chi connectivity index (χ4n) is 1.44. The largest absolute Gasteiger partial charge is 0.478 e. The number of hydrogen-bond donors (Lipinski definition) is 1. The molecule has 1 heterocycles. The number of ether oxygens (including phenoxy) is 1. The second kappa shape index (κ2) is 8.03. The van der Waals surface area contributed by atoms with Gasteiger partial charge in [-0.05, 0) is 39.2 Å². The van der Waals surface area contributed by atoms with Gasteiger partial charge in [0.2, 0.25) is 5.88 Å². The lowest BCUT2D eigenvalue weighted by atomic mass is 10.2. The number of aromatic nitrogens is 1. The van der Waals surface area contributed by atoms with Crippen molar-refractivity contribution in [3.8, 4) is 5.88 Å². The summed E-state index contributed by atoms with van der Waals surface area (Å²) in [6.45, 7) is 5.81. The van der Waals surface area contributed by atoms with Crippen LogP contribution in [0.1, 0.15) is 18.9 Å². The average molecular weight is 237 g/mol. The number of hydrogen-bond acceptors (Lipinski definition) is 4. The highest BCUT2D eigenvalue weighted by molar-refractivity contribution is 5.17. The minimum absolute atomic E-state index is 0.710. The van der Waals surface area contributed by atoms with Gasteiger partial charge in [0.15, 0.2) is 0 Å². The van der Waals surface area contributed by atoms with Gasteiger partial charge in [0, 0.05) is 18.8 Å². The van der Waals surface area contributed by atoms with Gasteiger partial charge in [-0.2, -0.15) is 0 Å². The Balaban J connectivity index is 2.34. The Morgan fingerprint density at radius 1 is 1.41 bits per heavy atom. The molecule has 17 heavy (non-hydrogen) atoms. The smallest absolute Gasteiger partial charge is 0.213 e. The van der Waals surface area contributed by atoms with Gasteiger partial charge in [-0.1, -0.05) is 13.0 Å². The van der Waals surface area contributed by atoms with Crippen LogP contribution in [-0.4, -0.2) is 43.7 Å². The summed E-state index contributed by atoms with van der Waals surface area (Å²) in [5.41, 5.74) is 1.22. The molecule has 0 aliphatic rings. The van der Waals surface area contributed by atoms with Crippen LogP contribution in [0.3, 0.4) is 0 Å². The lowest BCUT2D eigenvalue weighted by Gasteiger charge is -2.13. The molecule has 0 saturated heterocycles. The van der Waals surface area contributed by atoms with E-state index < -0.39 is 0 Å². The molecule has 0 aliphatic heterocycles. The Morgan fingerprint density at radius 2 is 2.24 bits per heavy atom. The van der Waals surface area contributed by atoms with Gasteiger partial charge < -0.3 is 15.0 Å². The molecule has 1 aromatic heterocycles. The van der Waals surface area contributed by atoms with Crippen molar-refractivity contribution in [1.82, 2.24) is 15.2 Å². The summed E-state index contributed by atoms with van der Waals surface area (Å²) in [5.74, 6) is 0.712. The van der Waals surface area contributed by atoms with Crippen LogP contribution in [0.15, 0.2) is 18.3 Å². The summed E-state index contributed by atoms with van der Waals surface area (Å²) in [5, 5.41) is 3.09. The highest BCUT2D eigenvalue weighted by Crippen LogP contribution is 2.09. The van der Waals surface area contributed by atoms with E-state index in [1.807, 2.05) is 19.3 Å². The lowest BCUT2D eigenvalue weighted by molar-refractivity contribution is 0.297. The molecule has 0 amide bonds. The Morgan fingerprint density at radius 3 is 2.82 bits per heavy atom. The van der Waals surface area contributed by atoms with Crippen molar-refractivity contribution >= 4 is 0 Å². The van der Waals surface area contributed by atoms with Crippen molar-refractivity contribution < 1.29 is 4.74 Å². The van der Waals surface area contributed by atoms with E-state index in [1.165, 1.54) is 5.56 Å². The van der Waals surface area contributed by atoms with Gasteiger partial charge in [-0.15, -0.1) is 0 Å². The molecule has 0 fully saturated rings. The third-order valence-corrected chi connectivity index (χ3v) is 2.61. The molecule has 0 bridgehead atoms. The zero-order chi connectivity index (χ0) is 12.5. The van der Waals surface area contributed by atoms with Crippen LogP contribution in [0.5, 0.6) is 5.88 Å². The van der Waals surface area contributed by atoms with Crippen molar-refractivity contribution in [1.29, 1.82) is 0 Å². The van der Waals surface area contributed by atoms with Gasteiger partial charge in [0.1, 0.15) is 0 Å². The predicted octanol–water partition coefficient (Wildman–Crippen LogP) is 1.52. The topological polar surface area (TPSA) is 37.4 Å². The van der Waals surface area contributed by atoms with Crippen molar-refractivity contribution in [3.63, 3.8) is 0 Å². The second-order valence-electron chi connectivity index (χ2n) is 4.14. The molecule has 4 heteroatoms. The summed E-state index contributed by atoms with van der Waals surface area (Å²) < 4.78 is 5.53. The molecule has 96 valence electrons. The zero-order valence-electron chi connectivity index (χ0n) is 11.1. The molecule has 0 aliphatic carbocycles. The maximum absolute atomic E-state index is 5.53. The Kier molecular flexibility index (Phi) is 6.58. The van der Waals surface area contributed by atoms with Gasteiger partial charge in [0.25, 0.3) is 0 Å². The molecule has 0 saturated carbocycles. The maximum atomic E-state index is 5.53. The van der Waals surface area contributed by atoms with E-state index in [0.717, 1.165) is 26.1 Å². The molecule has 0 unspecified atom stereocenters. The van der Waals surface area contributed by atoms with E-state index in [4.69, 9.17) is 4.74 Å². The monoisotopic (exact) mass is 237 g/mol. The minimum atomic E-state index is 0.710. The van der Waals surface area contributed by atoms with E-state index >= 15 is 0 Å². The quantitative estimate of drug-likeness (QED) is 0.696. The highest BCUT2D eigenvalue weighted by atomic mass is 16.5. The van der Waals surface area contributed by atoms with E-state index in [2.05, 4.69) is 35.2 Å². The van der Waals surface area contributed by atoms with E-state index in [9.17, 15) is 0 Å². The van der Waals surface area contributed by atoms with Gasteiger partial charge in [0.05, 0.1) is 6.61 Å². The van der Waals surface area contributed by atoms with Crippen LogP contribution in [0.4, 0.5) is 0 Å². The molecule has 0 atom stereocenters. The Bertz CT molecular complexity index is 300. The molecular weight excluding hydrogens is 214 g/mol. The van der Waals surface area contributed by atoms with Crippen LogP contribution < -0.4 is 10.1 Å². The van der Waals surface area contributed by atoms with Crippen molar-refractivity contribution in [3.05, 3.63) is 23.9 Å². The number of nitrogens with zero attached hydrogens (tertiary/aromatic N) is 2. The van der Waals surface area contributed by atoms with Crippen LogP contribution in [0.25, 0.3) is 0 Å². The first kappa shape index (κ1) is 13.9. The second-order valence-corrected chi connectivity index (χ2v) is 4.14. The first-order valence-electron chi connectivity index (χ1n) is 6.17. The van der Waals surface area contributed by atoms with Gasteiger partial charge in [-0.25, -0.2) is 4.98 Å². The molecule has 0 radical (unpaired) electrons. The lowest BCUT2D eigenvalue weighted by Crippen LogP contribution is -2.16. The number of pyridine rings is 1. The van der Waals surface area contributed by atoms with Crippen molar-refractivity contribution in [2.75, 3.05) is 33.8 Å². The minimum Gasteiger partial charge on any atom is -0.478 e. The van der Waals surface area contributed by atoms with Gasteiger partial charge in [-0.3, -0.25) is 0 Å². The van der Waals surface area contributed by atoms with Crippen LogP contribution >= 0.6 is 0 Å². The standard InChI is InChI=1S/C13H23N3O/c1-4-16(3)11-12-6-7-13(15-10-12)17-9-5-8-14-2/h6-7,10,14H,4-5,8-9,11H2,1-3H3. The average Bonchev–Trinajstić information content (AvgIpc) is 2.36. The summed E-state index contributed by atoms with van der Waals surface area (Å²) in [6, 6.07) is 4.02. The van der Waals surface area contributed by atoms with Gasteiger partial charge >= 0.3 is 0 Å². The fourth-order valence-corrected chi connectivity index (χ4v) is 1.44. The Hall–Kier alpha value is -1.13. The maximum Gasteiger partial charge on any atom is 0.213 e. The third-order valence-electron chi connectivity index (χ3n) is 2.61. The highest BCUT2D eigenvalue weighted by Gasteiger charge is 1.99. The molecule has 1 aromatic rings. The van der Waals surface area contributed by atoms with Crippen LogP contribution in [-0.2, 0) is 6.54 Å².